The van der Waals surface area contributed by atoms with E-state index < -0.39 is 18.7 Å². The van der Waals surface area contributed by atoms with Crippen molar-refractivity contribution in [2.24, 2.45) is 0 Å². The standard InChI is InChI=1S/C17H16F3N5O2/c1-11-6-7-21-16-23-14(24-25(11)16)15(26)22-8-12-2-4-13(5-3-12)9-27-10-17(18,19)20/h2-7H,8-10H2,1H3,(H,22,26). The highest BCUT2D eigenvalue weighted by Gasteiger charge is 2.27. The molecule has 1 N–H and O–H groups in total. The van der Waals surface area contributed by atoms with E-state index in [2.05, 4.69) is 25.1 Å². The highest BCUT2D eigenvalue weighted by atomic mass is 19.4. The summed E-state index contributed by atoms with van der Waals surface area (Å²) in [5.41, 5.74) is 2.19. The van der Waals surface area contributed by atoms with E-state index >= 15 is 0 Å². The van der Waals surface area contributed by atoms with E-state index in [-0.39, 0.29) is 19.0 Å². The molecular weight excluding hydrogens is 363 g/mol. The van der Waals surface area contributed by atoms with Gasteiger partial charge in [-0.3, -0.25) is 4.79 Å². The van der Waals surface area contributed by atoms with Crippen molar-refractivity contribution >= 4 is 11.7 Å². The topological polar surface area (TPSA) is 81.4 Å². The number of amides is 1. The van der Waals surface area contributed by atoms with Crippen LogP contribution >= 0.6 is 0 Å². The lowest BCUT2D eigenvalue weighted by Crippen LogP contribution is -2.24. The minimum absolute atomic E-state index is 0.00831. The van der Waals surface area contributed by atoms with Crippen LogP contribution in [0.1, 0.15) is 27.4 Å². The maximum absolute atomic E-state index is 12.2. The number of alkyl halides is 3. The summed E-state index contributed by atoms with van der Waals surface area (Å²) in [6, 6.07) is 8.46. The lowest BCUT2D eigenvalue weighted by molar-refractivity contribution is -0.176. The van der Waals surface area contributed by atoms with Crippen molar-refractivity contribution < 1.29 is 22.7 Å². The first-order valence-electron chi connectivity index (χ1n) is 8.01. The van der Waals surface area contributed by atoms with E-state index in [0.29, 0.717) is 11.3 Å². The minimum Gasteiger partial charge on any atom is -0.367 e. The van der Waals surface area contributed by atoms with Crippen molar-refractivity contribution in [2.75, 3.05) is 6.61 Å². The summed E-state index contributed by atoms with van der Waals surface area (Å²) in [4.78, 5) is 20.3. The molecule has 0 fully saturated rings. The molecule has 0 aliphatic carbocycles. The fourth-order valence-electron chi connectivity index (χ4n) is 2.30. The molecule has 0 aliphatic rings. The first-order valence-corrected chi connectivity index (χ1v) is 8.01. The predicted molar refractivity (Wildman–Crippen MR) is 88.8 cm³/mol. The molecule has 142 valence electrons. The van der Waals surface area contributed by atoms with Gasteiger partial charge in [0.25, 0.3) is 11.7 Å². The molecule has 1 aromatic carbocycles. The zero-order chi connectivity index (χ0) is 19.4. The third-order valence-electron chi connectivity index (χ3n) is 3.64. The number of hydrogen-bond donors (Lipinski definition) is 1. The van der Waals surface area contributed by atoms with Crippen LogP contribution in [0.4, 0.5) is 13.2 Å². The number of carbonyl (C=O) groups excluding carboxylic acids is 1. The van der Waals surface area contributed by atoms with Gasteiger partial charge in [-0.05, 0) is 24.1 Å². The Kier molecular flexibility index (Phi) is 5.36. The fraction of sp³-hybridized carbons (Fsp3) is 0.294. The highest BCUT2D eigenvalue weighted by Crippen LogP contribution is 2.15. The molecule has 2 heterocycles. The molecule has 0 unspecified atom stereocenters. The molecule has 3 aromatic rings. The summed E-state index contributed by atoms with van der Waals surface area (Å²) >= 11 is 0. The van der Waals surface area contributed by atoms with Gasteiger partial charge in [0.05, 0.1) is 6.61 Å². The second-order valence-electron chi connectivity index (χ2n) is 5.84. The molecule has 3 rings (SSSR count). The Labute approximate surface area is 152 Å². The Morgan fingerprint density at radius 3 is 2.56 bits per heavy atom. The van der Waals surface area contributed by atoms with Gasteiger partial charge in [0.2, 0.25) is 5.82 Å². The van der Waals surface area contributed by atoms with Crippen LogP contribution in [-0.4, -0.2) is 38.3 Å². The fourth-order valence-corrected chi connectivity index (χ4v) is 2.30. The van der Waals surface area contributed by atoms with Crippen LogP contribution in [-0.2, 0) is 17.9 Å². The summed E-state index contributed by atoms with van der Waals surface area (Å²) in [5.74, 6) is -0.102. The van der Waals surface area contributed by atoms with Gasteiger partial charge in [-0.1, -0.05) is 24.3 Å². The summed E-state index contributed by atoms with van der Waals surface area (Å²) in [6.45, 7) is 0.629. The zero-order valence-electron chi connectivity index (χ0n) is 14.3. The van der Waals surface area contributed by atoms with Gasteiger partial charge in [0.15, 0.2) is 0 Å². The van der Waals surface area contributed by atoms with Crippen LogP contribution in [0.25, 0.3) is 5.78 Å². The number of rotatable bonds is 6. The maximum Gasteiger partial charge on any atom is 0.411 e. The number of nitrogens with zero attached hydrogens (tertiary/aromatic N) is 4. The molecule has 27 heavy (non-hydrogen) atoms. The molecule has 0 atom stereocenters. The van der Waals surface area contributed by atoms with Crippen LogP contribution < -0.4 is 5.32 Å². The van der Waals surface area contributed by atoms with Gasteiger partial charge in [-0.25, -0.2) is 9.50 Å². The molecular formula is C17H16F3N5O2. The van der Waals surface area contributed by atoms with E-state index in [1.807, 2.05) is 6.92 Å². The van der Waals surface area contributed by atoms with E-state index in [4.69, 9.17) is 0 Å². The third kappa shape index (κ3) is 5.00. The molecule has 2 aromatic heterocycles. The van der Waals surface area contributed by atoms with E-state index in [1.165, 1.54) is 4.52 Å². The van der Waals surface area contributed by atoms with Crippen LogP contribution in [0.3, 0.4) is 0 Å². The van der Waals surface area contributed by atoms with Gasteiger partial charge in [0, 0.05) is 18.4 Å². The van der Waals surface area contributed by atoms with Gasteiger partial charge >= 0.3 is 6.18 Å². The van der Waals surface area contributed by atoms with Crippen LogP contribution in [0.15, 0.2) is 36.5 Å². The minimum atomic E-state index is -4.34. The Hall–Kier alpha value is -3.01. The number of aryl methyl sites for hydroxylation is 1. The summed E-state index contributed by atoms with van der Waals surface area (Å²) < 4.78 is 42.2. The van der Waals surface area contributed by atoms with Gasteiger partial charge < -0.3 is 10.1 Å². The van der Waals surface area contributed by atoms with Crippen molar-refractivity contribution in [3.8, 4) is 0 Å². The maximum atomic E-state index is 12.2. The lowest BCUT2D eigenvalue weighted by Gasteiger charge is -2.08. The second-order valence-corrected chi connectivity index (χ2v) is 5.84. The largest absolute Gasteiger partial charge is 0.411 e. The summed E-state index contributed by atoms with van der Waals surface area (Å²) in [7, 11) is 0. The average molecular weight is 379 g/mol. The molecule has 0 bridgehead atoms. The number of fused-ring (bicyclic) bond motifs is 1. The molecule has 0 radical (unpaired) electrons. The van der Waals surface area contributed by atoms with Gasteiger partial charge in [-0.2, -0.15) is 18.2 Å². The number of carbonyl (C=O) groups is 1. The van der Waals surface area contributed by atoms with Crippen LogP contribution in [0, 0.1) is 6.92 Å². The van der Waals surface area contributed by atoms with Gasteiger partial charge in [-0.15, -0.1) is 5.10 Å². The van der Waals surface area contributed by atoms with Crippen molar-refractivity contribution in [1.29, 1.82) is 0 Å². The number of aromatic nitrogens is 4. The zero-order valence-corrected chi connectivity index (χ0v) is 14.3. The number of hydrogen-bond acceptors (Lipinski definition) is 5. The highest BCUT2D eigenvalue weighted by molar-refractivity contribution is 5.90. The van der Waals surface area contributed by atoms with E-state index in [1.54, 1.807) is 36.5 Å². The van der Waals surface area contributed by atoms with Crippen molar-refractivity contribution in [3.63, 3.8) is 0 Å². The second kappa shape index (κ2) is 7.70. The number of halogens is 3. The molecule has 0 saturated heterocycles. The Bertz CT molecular complexity index is 938. The Balaban J connectivity index is 1.54. The van der Waals surface area contributed by atoms with E-state index in [0.717, 1.165) is 11.3 Å². The first kappa shape index (κ1) is 18.8. The molecule has 10 heteroatoms. The number of nitrogens with one attached hydrogen (secondary N) is 1. The summed E-state index contributed by atoms with van der Waals surface area (Å²) in [6.07, 6.45) is -2.76. The van der Waals surface area contributed by atoms with Crippen molar-refractivity contribution in [3.05, 3.63) is 59.2 Å². The molecule has 1 amide bonds. The smallest absolute Gasteiger partial charge is 0.367 e. The molecule has 0 aliphatic heterocycles. The monoisotopic (exact) mass is 379 g/mol. The Morgan fingerprint density at radius 1 is 1.19 bits per heavy atom. The number of ether oxygens (including phenoxy) is 1. The van der Waals surface area contributed by atoms with Crippen molar-refractivity contribution in [2.45, 2.75) is 26.3 Å². The van der Waals surface area contributed by atoms with Gasteiger partial charge in [0.1, 0.15) is 6.61 Å². The molecule has 0 saturated carbocycles. The van der Waals surface area contributed by atoms with Crippen molar-refractivity contribution in [1.82, 2.24) is 24.9 Å². The SMILES string of the molecule is Cc1ccnc2nc(C(=O)NCc3ccc(COCC(F)(F)F)cc3)nn12. The normalized spacial score (nSPS) is 11.7. The molecule has 0 spiro atoms. The average Bonchev–Trinajstić information content (AvgIpc) is 3.05. The third-order valence-corrected chi connectivity index (χ3v) is 3.64. The first-order chi connectivity index (χ1) is 12.8. The van der Waals surface area contributed by atoms with Crippen LogP contribution in [0.2, 0.25) is 0 Å². The lowest BCUT2D eigenvalue weighted by atomic mass is 10.1. The van der Waals surface area contributed by atoms with Crippen LogP contribution in [0.5, 0.6) is 0 Å². The predicted octanol–water partition coefficient (Wildman–Crippen LogP) is 2.44. The summed E-state index contributed by atoms with van der Waals surface area (Å²) in [5, 5.41) is 6.81. The Morgan fingerprint density at radius 2 is 1.89 bits per heavy atom. The van der Waals surface area contributed by atoms with E-state index in [9.17, 15) is 18.0 Å². The quantitative estimate of drug-likeness (QED) is 0.712. The molecule has 7 nitrogen and oxygen atoms in total. The number of benzene rings is 1.